The van der Waals surface area contributed by atoms with Crippen LogP contribution in [0.2, 0.25) is 0 Å². The zero-order valence-corrected chi connectivity index (χ0v) is 12.1. The van der Waals surface area contributed by atoms with Gasteiger partial charge in [0.1, 0.15) is 5.76 Å². The van der Waals surface area contributed by atoms with Gasteiger partial charge < -0.3 is 4.74 Å². The van der Waals surface area contributed by atoms with E-state index in [0.29, 0.717) is 0 Å². The zero-order chi connectivity index (χ0) is 13.9. The molecule has 1 fully saturated rings. The average Bonchev–Trinajstić information content (AvgIpc) is 3.15. The van der Waals surface area contributed by atoms with Crippen molar-refractivity contribution < 1.29 is 4.74 Å². The summed E-state index contributed by atoms with van der Waals surface area (Å²) >= 11 is 0. The number of rotatable bonds is 0. The normalized spacial score (nSPS) is 19.4. The molecule has 1 nitrogen and oxygen atoms in total. The van der Waals surface area contributed by atoms with E-state index in [0.717, 1.165) is 5.76 Å². The second-order valence-corrected chi connectivity index (χ2v) is 6.69. The fourth-order valence-corrected chi connectivity index (χ4v) is 3.14. The van der Waals surface area contributed by atoms with Crippen molar-refractivity contribution >= 4 is 5.57 Å². The summed E-state index contributed by atoms with van der Waals surface area (Å²) in [4.78, 5) is 0. The predicted molar refractivity (Wildman–Crippen MR) is 82.2 cm³/mol. The van der Waals surface area contributed by atoms with Gasteiger partial charge in [-0.3, -0.25) is 0 Å². The molecule has 0 aromatic heterocycles. The van der Waals surface area contributed by atoms with E-state index in [4.69, 9.17) is 4.74 Å². The Morgan fingerprint density at radius 3 is 1.60 bits per heavy atom. The van der Waals surface area contributed by atoms with E-state index in [2.05, 4.69) is 69.3 Å². The molecule has 1 atom stereocenters. The van der Waals surface area contributed by atoms with Gasteiger partial charge in [-0.25, -0.2) is 0 Å². The highest BCUT2D eigenvalue weighted by molar-refractivity contribution is 6.02. The van der Waals surface area contributed by atoms with Crippen LogP contribution >= 0.6 is 0 Å². The molecule has 2 aliphatic rings. The standard InChI is InChI=1S/C19H18O/c1-19(2,3)18-17(20-18)16-14-10-6-4-8-12(14)13-9-5-7-11-15(13)16/h4-11,18H,1-3H3. The third kappa shape index (κ3) is 1.56. The smallest absolute Gasteiger partial charge is 0.161 e. The molecule has 4 rings (SSSR count). The Hall–Kier alpha value is -2.02. The van der Waals surface area contributed by atoms with Gasteiger partial charge in [-0.15, -0.1) is 0 Å². The van der Waals surface area contributed by atoms with E-state index >= 15 is 0 Å². The number of fused-ring (bicyclic) bond motifs is 3. The monoisotopic (exact) mass is 262 g/mol. The lowest BCUT2D eigenvalue weighted by molar-refractivity contribution is 0.268. The van der Waals surface area contributed by atoms with Gasteiger partial charge >= 0.3 is 0 Å². The van der Waals surface area contributed by atoms with Crippen molar-refractivity contribution in [1.82, 2.24) is 0 Å². The first-order valence-corrected chi connectivity index (χ1v) is 7.17. The van der Waals surface area contributed by atoms with Crippen molar-refractivity contribution in [3.05, 3.63) is 65.4 Å². The van der Waals surface area contributed by atoms with Gasteiger partial charge in [0.15, 0.2) is 6.10 Å². The molecule has 0 bridgehead atoms. The lowest BCUT2D eigenvalue weighted by atomic mass is 9.89. The van der Waals surface area contributed by atoms with Crippen molar-refractivity contribution in [3.63, 3.8) is 0 Å². The fraction of sp³-hybridized carbons (Fsp3) is 0.263. The minimum Gasteiger partial charge on any atom is -0.482 e. The summed E-state index contributed by atoms with van der Waals surface area (Å²) in [6.45, 7) is 6.70. The van der Waals surface area contributed by atoms with Crippen molar-refractivity contribution in [2.75, 3.05) is 0 Å². The van der Waals surface area contributed by atoms with E-state index in [9.17, 15) is 0 Å². The van der Waals surface area contributed by atoms with Crippen LogP contribution in [0.15, 0.2) is 54.3 Å². The first-order chi connectivity index (χ1) is 9.57. The lowest BCUT2D eigenvalue weighted by Gasteiger charge is -2.11. The molecule has 0 amide bonds. The topological polar surface area (TPSA) is 12.5 Å². The minimum absolute atomic E-state index is 0.162. The molecule has 2 aromatic rings. The molecule has 1 aliphatic carbocycles. The molecule has 0 spiro atoms. The summed E-state index contributed by atoms with van der Waals surface area (Å²) in [7, 11) is 0. The van der Waals surface area contributed by atoms with E-state index in [1.807, 2.05) is 0 Å². The summed E-state index contributed by atoms with van der Waals surface area (Å²) in [6, 6.07) is 17.3. The minimum atomic E-state index is 0.162. The average molecular weight is 262 g/mol. The van der Waals surface area contributed by atoms with Crippen LogP contribution in [0.4, 0.5) is 0 Å². The zero-order valence-electron chi connectivity index (χ0n) is 12.1. The fourth-order valence-electron chi connectivity index (χ4n) is 3.14. The molecular weight excluding hydrogens is 244 g/mol. The molecule has 1 aliphatic heterocycles. The number of benzene rings is 2. The van der Waals surface area contributed by atoms with Crippen LogP contribution in [-0.4, -0.2) is 6.10 Å². The van der Waals surface area contributed by atoms with Crippen LogP contribution in [0.1, 0.15) is 31.9 Å². The van der Waals surface area contributed by atoms with Crippen LogP contribution in [-0.2, 0) is 4.74 Å². The molecule has 2 aromatic carbocycles. The van der Waals surface area contributed by atoms with E-state index in [1.54, 1.807) is 0 Å². The number of ether oxygens (including phenoxy) is 1. The van der Waals surface area contributed by atoms with Gasteiger partial charge in [0.25, 0.3) is 0 Å². The molecular formula is C19H18O. The highest BCUT2D eigenvalue weighted by Crippen LogP contribution is 2.53. The van der Waals surface area contributed by atoms with Crippen LogP contribution in [0, 0.1) is 5.41 Å². The molecule has 1 saturated heterocycles. The Labute approximate surface area is 119 Å². The largest absolute Gasteiger partial charge is 0.482 e. The molecule has 1 heteroatoms. The number of epoxide rings is 1. The quantitative estimate of drug-likeness (QED) is 0.526. The Kier molecular flexibility index (Phi) is 2.21. The maximum Gasteiger partial charge on any atom is 0.161 e. The van der Waals surface area contributed by atoms with Crippen LogP contribution in [0.3, 0.4) is 0 Å². The van der Waals surface area contributed by atoms with Crippen molar-refractivity contribution in [2.45, 2.75) is 26.9 Å². The molecule has 20 heavy (non-hydrogen) atoms. The van der Waals surface area contributed by atoms with E-state index in [-0.39, 0.29) is 11.5 Å². The molecule has 1 heterocycles. The second-order valence-electron chi connectivity index (χ2n) is 6.69. The first kappa shape index (κ1) is 11.8. The van der Waals surface area contributed by atoms with Gasteiger partial charge in [-0.1, -0.05) is 69.3 Å². The van der Waals surface area contributed by atoms with Gasteiger partial charge in [-0.2, -0.15) is 0 Å². The summed E-state index contributed by atoms with van der Waals surface area (Å²) in [5.41, 5.74) is 6.75. The van der Waals surface area contributed by atoms with Crippen molar-refractivity contribution in [1.29, 1.82) is 0 Å². The summed E-state index contributed by atoms with van der Waals surface area (Å²) in [6.07, 6.45) is 0.247. The highest BCUT2D eigenvalue weighted by atomic mass is 16.6. The van der Waals surface area contributed by atoms with E-state index < -0.39 is 0 Å². The maximum absolute atomic E-state index is 5.96. The molecule has 0 radical (unpaired) electrons. The Morgan fingerprint density at radius 1 is 0.750 bits per heavy atom. The second kappa shape index (κ2) is 3.76. The van der Waals surface area contributed by atoms with Crippen LogP contribution in [0.25, 0.3) is 16.7 Å². The van der Waals surface area contributed by atoms with Crippen LogP contribution in [0.5, 0.6) is 0 Å². The van der Waals surface area contributed by atoms with Gasteiger partial charge in [-0.05, 0) is 22.3 Å². The first-order valence-electron chi connectivity index (χ1n) is 7.17. The Balaban J connectivity index is 1.96. The number of hydrogen-bond acceptors (Lipinski definition) is 1. The summed E-state index contributed by atoms with van der Waals surface area (Å²) < 4.78 is 5.96. The Bertz CT molecular complexity index is 684. The lowest BCUT2D eigenvalue weighted by Crippen LogP contribution is -2.12. The predicted octanol–water partition coefficient (Wildman–Crippen LogP) is 4.87. The summed E-state index contributed by atoms with van der Waals surface area (Å²) in [5, 5.41) is 0. The molecule has 100 valence electrons. The third-order valence-corrected chi connectivity index (χ3v) is 4.14. The van der Waals surface area contributed by atoms with Crippen molar-refractivity contribution in [2.24, 2.45) is 5.41 Å². The van der Waals surface area contributed by atoms with E-state index in [1.165, 1.54) is 27.8 Å². The van der Waals surface area contributed by atoms with Gasteiger partial charge in [0.2, 0.25) is 0 Å². The SMILES string of the molecule is CC(C)(C)C1OC1=C1c2ccccc2-c2ccccc21. The maximum atomic E-state index is 5.96. The third-order valence-electron chi connectivity index (χ3n) is 4.14. The molecule has 1 unspecified atom stereocenters. The summed E-state index contributed by atoms with van der Waals surface area (Å²) in [5.74, 6) is 1.16. The van der Waals surface area contributed by atoms with Crippen molar-refractivity contribution in [3.8, 4) is 11.1 Å². The van der Waals surface area contributed by atoms with Gasteiger partial charge in [0, 0.05) is 11.0 Å². The Morgan fingerprint density at radius 2 is 1.20 bits per heavy atom. The number of hydrogen-bond donors (Lipinski definition) is 0. The van der Waals surface area contributed by atoms with Gasteiger partial charge in [0.05, 0.1) is 0 Å². The van der Waals surface area contributed by atoms with Crippen LogP contribution < -0.4 is 0 Å². The molecule has 0 N–H and O–H groups in total. The highest BCUT2D eigenvalue weighted by Gasteiger charge is 2.47. The molecule has 0 saturated carbocycles.